The van der Waals surface area contributed by atoms with Crippen LogP contribution >= 0.6 is 0 Å². The average Bonchev–Trinajstić information content (AvgIpc) is 2.74. The molecule has 3 rings (SSSR count). The summed E-state index contributed by atoms with van der Waals surface area (Å²) in [5.74, 6) is 0.830. The van der Waals surface area contributed by atoms with Gasteiger partial charge in [0, 0.05) is 13.0 Å². The molecule has 0 spiro atoms. The van der Waals surface area contributed by atoms with Gasteiger partial charge in [-0.2, -0.15) is 0 Å². The molecule has 0 radical (unpaired) electrons. The summed E-state index contributed by atoms with van der Waals surface area (Å²) < 4.78 is 6.27. The number of nitrogens with one attached hydrogen (secondary N) is 1. The molecule has 1 aliphatic carbocycles. The zero-order valence-corrected chi connectivity index (χ0v) is 13.4. The number of para-hydroxylation sites is 1. The molecule has 2 N–H and O–H groups in total. The van der Waals surface area contributed by atoms with Crippen LogP contribution in [0.2, 0.25) is 0 Å². The predicted molar refractivity (Wildman–Crippen MR) is 88.3 cm³/mol. The molecule has 3 nitrogen and oxygen atoms in total. The Morgan fingerprint density at radius 1 is 1.23 bits per heavy atom. The molecule has 0 heterocycles. The topological polar surface area (TPSA) is 41.5 Å². The fourth-order valence-corrected chi connectivity index (χ4v) is 3.28. The average molecular weight is 297 g/mol. The van der Waals surface area contributed by atoms with E-state index in [9.17, 15) is 5.11 Å². The van der Waals surface area contributed by atoms with Crippen molar-refractivity contribution in [2.75, 3.05) is 13.6 Å². The molecule has 116 valence electrons. The largest absolute Gasteiger partial charge is 0.482 e. The molecule has 0 aromatic heterocycles. The van der Waals surface area contributed by atoms with Crippen LogP contribution < -0.4 is 10.1 Å². The molecule has 0 amide bonds. The number of hydrogen-bond donors (Lipinski definition) is 2. The number of fused-ring (bicyclic) bond motifs is 1. The summed E-state index contributed by atoms with van der Waals surface area (Å²) in [5, 5.41) is 14.2. The maximum absolute atomic E-state index is 11.1. The fraction of sp³-hybridized carbons (Fsp3) is 0.368. The predicted octanol–water partition coefficient (Wildman–Crippen LogP) is 2.93. The molecule has 0 aliphatic heterocycles. The van der Waals surface area contributed by atoms with Crippen molar-refractivity contribution in [3.8, 4) is 5.75 Å². The molecule has 2 unspecified atom stereocenters. The fourth-order valence-electron chi connectivity index (χ4n) is 3.28. The van der Waals surface area contributed by atoms with Crippen molar-refractivity contribution in [2.24, 2.45) is 0 Å². The highest BCUT2D eigenvalue weighted by atomic mass is 16.5. The molecule has 22 heavy (non-hydrogen) atoms. The summed E-state index contributed by atoms with van der Waals surface area (Å²) in [7, 11) is 1.86. The van der Waals surface area contributed by atoms with E-state index in [1.54, 1.807) is 0 Å². The van der Waals surface area contributed by atoms with Crippen LogP contribution in [0.15, 0.2) is 42.5 Å². The standard InChI is InChI=1S/C19H23NO2/c1-13-8-9-15-11-19(21,12-20-3)18(16(15)10-13)22-17-7-5-4-6-14(17)2/h4-10,18,20-21H,11-12H2,1-3H3. The van der Waals surface area contributed by atoms with E-state index in [4.69, 9.17) is 4.74 Å². The van der Waals surface area contributed by atoms with Gasteiger partial charge in [0.1, 0.15) is 11.4 Å². The van der Waals surface area contributed by atoms with Gasteiger partial charge in [-0.25, -0.2) is 0 Å². The van der Waals surface area contributed by atoms with Crippen molar-refractivity contribution in [2.45, 2.75) is 32.0 Å². The third-order valence-electron chi connectivity index (χ3n) is 4.39. The minimum absolute atomic E-state index is 0.351. The maximum Gasteiger partial charge on any atom is 0.154 e. The zero-order chi connectivity index (χ0) is 15.7. The Hall–Kier alpha value is -1.84. The van der Waals surface area contributed by atoms with E-state index in [1.165, 1.54) is 11.1 Å². The third kappa shape index (κ3) is 2.62. The van der Waals surface area contributed by atoms with Crippen molar-refractivity contribution < 1.29 is 9.84 Å². The second-order valence-electron chi connectivity index (χ2n) is 6.28. The van der Waals surface area contributed by atoms with Crippen LogP contribution in [-0.4, -0.2) is 24.3 Å². The van der Waals surface area contributed by atoms with Crippen LogP contribution in [-0.2, 0) is 6.42 Å². The molecule has 0 bridgehead atoms. The monoisotopic (exact) mass is 297 g/mol. The normalized spacial score (nSPS) is 23.4. The number of benzene rings is 2. The third-order valence-corrected chi connectivity index (χ3v) is 4.39. The molecule has 0 fully saturated rings. The Kier molecular flexibility index (Phi) is 3.94. The van der Waals surface area contributed by atoms with E-state index >= 15 is 0 Å². The molecule has 2 aromatic carbocycles. The quantitative estimate of drug-likeness (QED) is 0.911. The number of aryl methyl sites for hydroxylation is 2. The van der Waals surface area contributed by atoms with Crippen molar-refractivity contribution >= 4 is 0 Å². The SMILES string of the molecule is CNCC1(O)Cc2ccc(C)cc2C1Oc1ccccc1C. The minimum atomic E-state index is -0.923. The van der Waals surface area contributed by atoms with Gasteiger partial charge in [-0.3, -0.25) is 0 Å². The minimum Gasteiger partial charge on any atom is -0.482 e. The van der Waals surface area contributed by atoms with Gasteiger partial charge >= 0.3 is 0 Å². The molecule has 0 saturated heterocycles. The van der Waals surface area contributed by atoms with E-state index in [2.05, 4.69) is 30.4 Å². The first-order valence-electron chi connectivity index (χ1n) is 7.72. The highest BCUT2D eigenvalue weighted by molar-refractivity contribution is 5.43. The van der Waals surface area contributed by atoms with E-state index in [0.29, 0.717) is 13.0 Å². The highest BCUT2D eigenvalue weighted by Gasteiger charge is 2.46. The summed E-state index contributed by atoms with van der Waals surface area (Å²) in [6.45, 7) is 4.59. The van der Waals surface area contributed by atoms with Gasteiger partial charge in [0.25, 0.3) is 0 Å². The van der Waals surface area contributed by atoms with Crippen LogP contribution in [0.5, 0.6) is 5.75 Å². The zero-order valence-electron chi connectivity index (χ0n) is 13.4. The van der Waals surface area contributed by atoms with E-state index < -0.39 is 5.60 Å². The van der Waals surface area contributed by atoms with Gasteiger partial charge in [0.05, 0.1) is 0 Å². The van der Waals surface area contributed by atoms with Crippen molar-refractivity contribution in [3.05, 3.63) is 64.7 Å². The van der Waals surface area contributed by atoms with E-state index in [-0.39, 0.29) is 6.10 Å². The Bertz CT molecular complexity index is 683. The molecule has 3 heteroatoms. The lowest BCUT2D eigenvalue weighted by Crippen LogP contribution is -2.45. The van der Waals surface area contributed by atoms with Gasteiger partial charge in [-0.15, -0.1) is 0 Å². The Labute approximate surface area is 131 Å². The molecule has 1 aliphatic rings. The summed E-state index contributed by atoms with van der Waals surface area (Å²) in [6, 6.07) is 14.3. The Morgan fingerprint density at radius 3 is 2.73 bits per heavy atom. The van der Waals surface area contributed by atoms with Crippen molar-refractivity contribution in [1.82, 2.24) is 5.32 Å². The first-order chi connectivity index (χ1) is 10.5. The summed E-state index contributed by atoms with van der Waals surface area (Å²) in [6.07, 6.45) is 0.260. The second-order valence-corrected chi connectivity index (χ2v) is 6.28. The highest BCUT2D eigenvalue weighted by Crippen LogP contribution is 2.42. The lowest BCUT2D eigenvalue weighted by atomic mass is 9.97. The Balaban J connectivity index is 2.01. The Morgan fingerprint density at radius 2 is 2.00 bits per heavy atom. The smallest absolute Gasteiger partial charge is 0.154 e. The van der Waals surface area contributed by atoms with Gasteiger partial charge in [-0.1, -0.05) is 42.0 Å². The maximum atomic E-state index is 11.1. The summed E-state index contributed by atoms with van der Waals surface area (Å²) in [4.78, 5) is 0. The number of likely N-dealkylation sites (N-methyl/N-ethyl adjacent to an activating group) is 1. The van der Waals surface area contributed by atoms with Gasteiger partial charge in [-0.05, 0) is 43.7 Å². The lowest BCUT2D eigenvalue weighted by Gasteiger charge is -2.31. The van der Waals surface area contributed by atoms with Crippen LogP contribution in [0.25, 0.3) is 0 Å². The van der Waals surface area contributed by atoms with E-state index in [0.717, 1.165) is 16.9 Å². The van der Waals surface area contributed by atoms with Crippen LogP contribution in [0.1, 0.15) is 28.4 Å². The van der Waals surface area contributed by atoms with Crippen molar-refractivity contribution in [3.63, 3.8) is 0 Å². The molecular formula is C19H23NO2. The van der Waals surface area contributed by atoms with Gasteiger partial charge in [0.2, 0.25) is 0 Å². The molecule has 2 atom stereocenters. The van der Waals surface area contributed by atoms with Gasteiger partial charge < -0.3 is 15.2 Å². The lowest BCUT2D eigenvalue weighted by molar-refractivity contribution is -0.0486. The van der Waals surface area contributed by atoms with Gasteiger partial charge in [0.15, 0.2) is 6.10 Å². The number of hydrogen-bond acceptors (Lipinski definition) is 3. The summed E-state index contributed by atoms with van der Waals surface area (Å²) >= 11 is 0. The second kappa shape index (κ2) is 5.75. The first kappa shape index (κ1) is 15.1. The molecule has 0 saturated carbocycles. The van der Waals surface area contributed by atoms with E-state index in [1.807, 2.05) is 38.2 Å². The molecular weight excluding hydrogens is 274 g/mol. The summed E-state index contributed by atoms with van der Waals surface area (Å²) in [5.41, 5.74) is 3.61. The van der Waals surface area contributed by atoms with Crippen LogP contribution in [0.3, 0.4) is 0 Å². The molecule has 2 aromatic rings. The van der Waals surface area contributed by atoms with Crippen LogP contribution in [0.4, 0.5) is 0 Å². The van der Waals surface area contributed by atoms with Crippen LogP contribution in [0, 0.1) is 13.8 Å². The number of ether oxygens (including phenoxy) is 1. The van der Waals surface area contributed by atoms with Crippen molar-refractivity contribution in [1.29, 1.82) is 0 Å². The first-order valence-corrected chi connectivity index (χ1v) is 7.72. The number of rotatable bonds is 4. The number of aliphatic hydroxyl groups is 1.